The number of carbonyl (C=O) groups is 1. The summed E-state index contributed by atoms with van der Waals surface area (Å²) < 4.78 is 18.2. The van der Waals surface area contributed by atoms with Crippen LogP contribution in [0.1, 0.15) is 10.4 Å². The second-order valence-electron chi connectivity index (χ2n) is 2.42. The van der Waals surface area contributed by atoms with E-state index in [1.807, 2.05) is 0 Å². The van der Waals surface area contributed by atoms with Crippen molar-refractivity contribution >= 4 is 17.3 Å². The zero-order chi connectivity index (χ0) is 8.55. The summed E-state index contributed by atoms with van der Waals surface area (Å²) in [5.41, 5.74) is 0.516. The highest BCUT2D eigenvalue weighted by Gasteiger charge is 2.07. The van der Waals surface area contributed by atoms with Crippen molar-refractivity contribution in [3.8, 4) is 0 Å². The van der Waals surface area contributed by atoms with Gasteiger partial charge in [-0.05, 0) is 18.2 Å². The molecule has 0 N–H and O–H groups in total. The van der Waals surface area contributed by atoms with Crippen LogP contribution < -0.4 is 0 Å². The zero-order valence-electron chi connectivity index (χ0n) is 6.08. The second kappa shape index (κ2) is 2.44. The van der Waals surface area contributed by atoms with E-state index in [2.05, 4.69) is 0 Å². The van der Waals surface area contributed by atoms with Gasteiger partial charge in [0.05, 0.1) is 17.2 Å². The minimum absolute atomic E-state index is 0.0592. The molecule has 0 amide bonds. The standard InChI is InChI=1S/C9H5FO2/c10-9-6(5-11)1-2-8-7(9)3-4-12-8/h1-5H. The molecule has 0 unspecified atom stereocenters. The molecule has 1 aromatic heterocycles. The van der Waals surface area contributed by atoms with Gasteiger partial charge in [0, 0.05) is 0 Å². The molecule has 0 bridgehead atoms. The van der Waals surface area contributed by atoms with Gasteiger partial charge >= 0.3 is 0 Å². The van der Waals surface area contributed by atoms with Crippen LogP contribution in [-0.4, -0.2) is 6.29 Å². The fraction of sp³-hybridized carbons (Fsp3) is 0. The Morgan fingerprint density at radius 2 is 2.17 bits per heavy atom. The second-order valence-corrected chi connectivity index (χ2v) is 2.42. The third-order valence-corrected chi connectivity index (χ3v) is 1.73. The van der Waals surface area contributed by atoms with E-state index in [1.165, 1.54) is 18.4 Å². The van der Waals surface area contributed by atoms with Crippen LogP contribution in [-0.2, 0) is 0 Å². The Morgan fingerprint density at radius 3 is 2.92 bits per heavy atom. The molecular weight excluding hydrogens is 159 g/mol. The molecule has 0 saturated heterocycles. The Balaban J connectivity index is 2.86. The Hall–Kier alpha value is -1.64. The lowest BCUT2D eigenvalue weighted by Gasteiger charge is -1.93. The van der Waals surface area contributed by atoms with Crippen LogP contribution in [0.5, 0.6) is 0 Å². The molecule has 2 rings (SSSR count). The molecule has 60 valence electrons. The largest absolute Gasteiger partial charge is 0.464 e. The lowest BCUT2D eigenvalue weighted by molar-refractivity contribution is 0.112. The molecule has 0 aliphatic carbocycles. The molecule has 0 aliphatic heterocycles. The van der Waals surface area contributed by atoms with E-state index in [0.29, 0.717) is 17.3 Å². The van der Waals surface area contributed by atoms with Crippen molar-refractivity contribution in [3.63, 3.8) is 0 Å². The van der Waals surface area contributed by atoms with Gasteiger partial charge in [-0.25, -0.2) is 4.39 Å². The normalized spacial score (nSPS) is 10.4. The van der Waals surface area contributed by atoms with E-state index in [-0.39, 0.29) is 5.56 Å². The number of hydrogen-bond donors (Lipinski definition) is 0. The average Bonchev–Trinajstić information content (AvgIpc) is 2.53. The predicted molar refractivity (Wildman–Crippen MR) is 41.6 cm³/mol. The molecule has 0 aliphatic rings. The highest BCUT2D eigenvalue weighted by molar-refractivity contribution is 5.86. The molecule has 1 aromatic carbocycles. The van der Waals surface area contributed by atoms with Gasteiger partial charge in [0.15, 0.2) is 6.29 Å². The minimum atomic E-state index is -0.517. The van der Waals surface area contributed by atoms with Crippen LogP contribution >= 0.6 is 0 Å². The zero-order valence-corrected chi connectivity index (χ0v) is 6.08. The number of furan rings is 1. The summed E-state index contributed by atoms with van der Waals surface area (Å²) in [7, 11) is 0. The van der Waals surface area contributed by atoms with Crippen LogP contribution in [0.3, 0.4) is 0 Å². The van der Waals surface area contributed by atoms with Crippen LogP contribution in [0.15, 0.2) is 28.9 Å². The highest BCUT2D eigenvalue weighted by Crippen LogP contribution is 2.20. The first-order valence-electron chi connectivity index (χ1n) is 3.44. The number of halogens is 1. The SMILES string of the molecule is O=Cc1ccc2occc2c1F. The van der Waals surface area contributed by atoms with Crippen molar-refractivity contribution in [3.05, 3.63) is 35.8 Å². The van der Waals surface area contributed by atoms with Gasteiger partial charge in [-0.1, -0.05) is 0 Å². The third-order valence-electron chi connectivity index (χ3n) is 1.73. The molecule has 0 radical (unpaired) electrons. The van der Waals surface area contributed by atoms with Gasteiger partial charge in [0.1, 0.15) is 11.4 Å². The van der Waals surface area contributed by atoms with Gasteiger partial charge in [-0.15, -0.1) is 0 Å². The van der Waals surface area contributed by atoms with Crippen LogP contribution in [0.25, 0.3) is 11.0 Å². The van der Waals surface area contributed by atoms with Crippen molar-refractivity contribution < 1.29 is 13.6 Å². The van der Waals surface area contributed by atoms with Gasteiger partial charge < -0.3 is 4.42 Å². The first-order valence-corrected chi connectivity index (χ1v) is 3.44. The number of hydrogen-bond acceptors (Lipinski definition) is 2. The summed E-state index contributed by atoms with van der Waals surface area (Å²) in [6, 6.07) is 4.47. The quantitative estimate of drug-likeness (QED) is 0.605. The van der Waals surface area contributed by atoms with Crippen molar-refractivity contribution in [2.24, 2.45) is 0 Å². The lowest BCUT2D eigenvalue weighted by Crippen LogP contribution is -1.86. The van der Waals surface area contributed by atoms with Crippen LogP contribution in [0.2, 0.25) is 0 Å². The van der Waals surface area contributed by atoms with Crippen LogP contribution in [0.4, 0.5) is 4.39 Å². The van der Waals surface area contributed by atoms with E-state index < -0.39 is 5.82 Å². The first-order chi connectivity index (χ1) is 5.83. The van der Waals surface area contributed by atoms with E-state index in [1.54, 1.807) is 6.07 Å². The minimum Gasteiger partial charge on any atom is -0.464 e. The predicted octanol–water partition coefficient (Wildman–Crippen LogP) is 2.38. The van der Waals surface area contributed by atoms with Crippen LogP contribution in [0, 0.1) is 5.82 Å². The van der Waals surface area contributed by atoms with E-state index in [4.69, 9.17) is 4.42 Å². The van der Waals surface area contributed by atoms with Gasteiger partial charge in [-0.3, -0.25) is 4.79 Å². The monoisotopic (exact) mass is 164 g/mol. The van der Waals surface area contributed by atoms with E-state index in [9.17, 15) is 9.18 Å². The third kappa shape index (κ3) is 0.830. The molecule has 0 spiro atoms. The summed E-state index contributed by atoms with van der Waals surface area (Å²) in [6.45, 7) is 0. The summed E-state index contributed by atoms with van der Waals surface area (Å²) in [5.74, 6) is -0.517. The fourth-order valence-corrected chi connectivity index (χ4v) is 1.12. The number of carbonyl (C=O) groups excluding carboxylic acids is 1. The maximum absolute atomic E-state index is 13.2. The maximum Gasteiger partial charge on any atom is 0.153 e. The highest BCUT2D eigenvalue weighted by atomic mass is 19.1. The number of fused-ring (bicyclic) bond motifs is 1. The van der Waals surface area contributed by atoms with Gasteiger partial charge in [0.25, 0.3) is 0 Å². The van der Waals surface area contributed by atoms with E-state index >= 15 is 0 Å². The lowest BCUT2D eigenvalue weighted by atomic mass is 10.1. The summed E-state index contributed by atoms with van der Waals surface area (Å²) in [4.78, 5) is 10.3. The fourth-order valence-electron chi connectivity index (χ4n) is 1.12. The van der Waals surface area contributed by atoms with E-state index in [0.717, 1.165) is 0 Å². The summed E-state index contributed by atoms with van der Waals surface area (Å²) in [5, 5.41) is 0.347. The molecule has 0 atom stereocenters. The molecule has 12 heavy (non-hydrogen) atoms. The van der Waals surface area contributed by atoms with Gasteiger partial charge in [0.2, 0.25) is 0 Å². The molecule has 2 nitrogen and oxygen atoms in total. The van der Waals surface area contributed by atoms with Crippen molar-refractivity contribution in [1.29, 1.82) is 0 Å². The Bertz CT molecular complexity index is 431. The Labute approximate surface area is 67.6 Å². The molecule has 0 fully saturated rings. The average molecular weight is 164 g/mol. The first kappa shape index (κ1) is 7.03. The molecule has 0 saturated carbocycles. The number of rotatable bonds is 1. The number of aldehydes is 1. The van der Waals surface area contributed by atoms with Crippen molar-refractivity contribution in [2.45, 2.75) is 0 Å². The molecular formula is C9H5FO2. The van der Waals surface area contributed by atoms with Crippen molar-refractivity contribution in [2.75, 3.05) is 0 Å². The maximum atomic E-state index is 13.2. The van der Waals surface area contributed by atoms with Gasteiger partial charge in [-0.2, -0.15) is 0 Å². The number of benzene rings is 1. The van der Waals surface area contributed by atoms with Crippen molar-refractivity contribution in [1.82, 2.24) is 0 Å². The molecule has 2 aromatic rings. The summed E-state index contributed by atoms with van der Waals surface area (Å²) >= 11 is 0. The molecule has 3 heteroatoms. The molecule has 1 heterocycles. The Morgan fingerprint density at radius 1 is 1.33 bits per heavy atom. The smallest absolute Gasteiger partial charge is 0.153 e. The summed E-state index contributed by atoms with van der Waals surface area (Å²) in [6.07, 6.45) is 1.88. The Kier molecular flexibility index (Phi) is 1.43. The topological polar surface area (TPSA) is 30.2 Å².